The van der Waals surface area contributed by atoms with Crippen molar-refractivity contribution in [1.82, 2.24) is 10.2 Å². The quantitative estimate of drug-likeness (QED) is 0.681. The maximum atomic E-state index is 3.68. The van der Waals surface area contributed by atoms with E-state index in [-0.39, 0.29) is 0 Å². The Kier molecular flexibility index (Phi) is 5.62. The third kappa shape index (κ3) is 4.98. The van der Waals surface area contributed by atoms with Crippen LogP contribution in [0.15, 0.2) is 0 Å². The zero-order valence-corrected chi connectivity index (χ0v) is 10.9. The van der Waals surface area contributed by atoms with Crippen molar-refractivity contribution in [3.05, 3.63) is 0 Å². The SMILES string of the molecule is CC(C)CCCNC1CCN(C(C)C)C1. The van der Waals surface area contributed by atoms with Gasteiger partial charge in [0.05, 0.1) is 0 Å². The van der Waals surface area contributed by atoms with Gasteiger partial charge in [0, 0.05) is 18.6 Å². The third-order valence-electron chi connectivity index (χ3n) is 3.34. The molecule has 1 N–H and O–H groups in total. The van der Waals surface area contributed by atoms with Gasteiger partial charge in [0.1, 0.15) is 0 Å². The van der Waals surface area contributed by atoms with Crippen molar-refractivity contribution < 1.29 is 0 Å². The molecular formula is C13H28N2. The van der Waals surface area contributed by atoms with Gasteiger partial charge in [-0.05, 0) is 52.1 Å². The molecule has 2 heteroatoms. The molecule has 0 aromatic rings. The molecule has 0 bridgehead atoms. The van der Waals surface area contributed by atoms with Gasteiger partial charge in [0.15, 0.2) is 0 Å². The Bertz CT molecular complexity index is 166. The Morgan fingerprint density at radius 1 is 1.27 bits per heavy atom. The maximum absolute atomic E-state index is 3.68. The number of rotatable bonds is 6. The normalized spacial score (nSPS) is 23.2. The highest BCUT2D eigenvalue weighted by molar-refractivity contribution is 4.82. The molecule has 0 aromatic heterocycles. The van der Waals surface area contributed by atoms with Crippen LogP contribution in [-0.2, 0) is 0 Å². The molecule has 0 amide bonds. The molecule has 0 saturated carbocycles. The van der Waals surface area contributed by atoms with E-state index in [1.165, 1.54) is 38.9 Å². The van der Waals surface area contributed by atoms with Crippen LogP contribution < -0.4 is 5.32 Å². The number of nitrogens with zero attached hydrogens (tertiary/aromatic N) is 1. The Labute approximate surface area is 95.4 Å². The molecule has 2 nitrogen and oxygen atoms in total. The van der Waals surface area contributed by atoms with E-state index >= 15 is 0 Å². The zero-order valence-electron chi connectivity index (χ0n) is 10.9. The average Bonchev–Trinajstić information content (AvgIpc) is 2.60. The van der Waals surface area contributed by atoms with Crippen molar-refractivity contribution in [2.24, 2.45) is 5.92 Å². The van der Waals surface area contributed by atoms with Crippen molar-refractivity contribution >= 4 is 0 Å². The lowest BCUT2D eigenvalue weighted by Crippen LogP contribution is -2.35. The summed E-state index contributed by atoms with van der Waals surface area (Å²) in [4.78, 5) is 2.57. The van der Waals surface area contributed by atoms with Crippen molar-refractivity contribution in [3.8, 4) is 0 Å². The van der Waals surface area contributed by atoms with Crippen LogP contribution in [0.5, 0.6) is 0 Å². The number of hydrogen-bond acceptors (Lipinski definition) is 2. The van der Waals surface area contributed by atoms with Gasteiger partial charge >= 0.3 is 0 Å². The van der Waals surface area contributed by atoms with Crippen LogP contribution in [0, 0.1) is 5.92 Å². The summed E-state index contributed by atoms with van der Waals surface area (Å²) in [6, 6.07) is 1.46. The van der Waals surface area contributed by atoms with E-state index in [9.17, 15) is 0 Å². The van der Waals surface area contributed by atoms with Gasteiger partial charge in [0.25, 0.3) is 0 Å². The van der Waals surface area contributed by atoms with Crippen molar-refractivity contribution in [1.29, 1.82) is 0 Å². The standard InChI is InChI=1S/C13H28N2/c1-11(2)6-5-8-14-13-7-9-15(10-13)12(3)4/h11-14H,5-10H2,1-4H3. The summed E-state index contributed by atoms with van der Waals surface area (Å²) in [6.07, 6.45) is 4.02. The highest BCUT2D eigenvalue weighted by Crippen LogP contribution is 2.12. The molecular weight excluding hydrogens is 184 g/mol. The fourth-order valence-electron chi connectivity index (χ4n) is 2.24. The van der Waals surface area contributed by atoms with Crippen molar-refractivity contribution in [3.63, 3.8) is 0 Å². The second-order valence-electron chi connectivity index (χ2n) is 5.56. The molecule has 1 unspecified atom stereocenters. The second-order valence-corrected chi connectivity index (χ2v) is 5.56. The van der Waals surface area contributed by atoms with Crippen molar-refractivity contribution in [2.45, 2.75) is 59.0 Å². The Morgan fingerprint density at radius 2 is 2.00 bits per heavy atom. The lowest BCUT2D eigenvalue weighted by molar-refractivity contribution is 0.268. The van der Waals surface area contributed by atoms with E-state index in [4.69, 9.17) is 0 Å². The average molecular weight is 212 g/mol. The molecule has 1 aliphatic heterocycles. The first-order valence-electron chi connectivity index (χ1n) is 6.57. The highest BCUT2D eigenvalue weighted by atomic mass is 15.2. The fourth-order valence-corrected chi connectivity index (χ4v) is 2.24. The third-order valence-corrected chi connectivity index (χ3v) is 3.34. The molecule has 1 aliphatic rings. The largest absolute Gasteiger partial charge is 0.313 e. The van der Waals surface area contributed by atoms with Gasteiger partial charge < -0.3 is 5.32 Å². The molecule has 1 fully saturated rings. The summed E-state index contributed by atoms with van der Waals surface area (Å²) in [5.41, 5.74) is 0. The molecule has 0 radical (unpaired) electrons. The van der Waals surface area contributed by atoms with Gasteiger partial charge in [0.2, 0.25) is 0 Å². The summed E-state index contributed by atoms with van der Waals surface area (Å²) in [5.74, 6) is 0.850. The molecule has 1 saturated heterocycles. The predicted octanol–water partition coefficient (Wildman–Crippen LogP) is 2.49. The molecule has 0 aromatic carbocycles. The van der Waals surface area contributed by atoms with E-state index < -0.39 is 0 Å². The zero-order chi connectivity index (χ0) is 11.3. The van der Waals surface area contributed by atoms with E-state index in [2.05, 4.69) is 37.9 Å². The van der Waals surface area contributed by atoms with Crippen LogP contribution in [-0.4, -0.2) is 36.6 Å². The van der Waals surface area contributed by atoms with E-state index in [0.29, 0.717) is 6.04 Å². The van der Waals surface area contributed by atoms with Gasteiger partial charge in [-0.3, -0.25) is 4.90 Å². The van der Waals surface area contributed by atoms with Crippen LogP contribution in [0.25, 0.3) is 0 Å². The van der Waals surface area contributed by atoms with Crippen LogP contribution in [0.3, 0.4) is 0 Å². The number of nitrogens with one attached hydrogen (secondary N) is 1. The smallest absolute Gasteiger partial charge is 0.0207 e. The first-order chi connectivity index (χ1) is 7.09. The summed E-state index contributed by atoms with van der Waals surface area (Å²) in [7, 11) is 0. The second kappa shape index (κ2) is 6.49. The topological polar surface area (TPSA) is 15.3 Å². The highest BCUT2D eigenvalue weighted by Gasteiger charge is 2.23. The predicted molar refractivity (Wildman–Crippen MR) is 67.2 cm³/mol. The van der Waals surface area contributed by atoms with E-state index in [1.54, 1.807) is 0 Å². The fraction of sp³-hybridized carbons (Fsp3) is 1.00. The lowest BCUT2D eigenvalue weighted by atomic mass is 10.1. The molecule has 0 aliphatic carbocycles. The van der Waals surface area contributed by atoms with E-state index in [0.717, 1.165) is 12.0 Å². The minimum Gasteiger partial charge on any atom is -0.313 e. The Morgan fingerprint density at radius 3 is 2.53 bits per heavy atom. The first-order valence-corrected chi connectivity index (χ1v) is 6.57. The minimum atomic E-state index is 0.715. The molecule has 15 heavy (non-hydrogen) atoms. The van der Waals surface area contributed by atoms with Crippen LogP contribution in [0.1, 0.15) is 47.0 Å². The molecule has 1 heterocycles. The van der Waals surface area contributed by atoms with Crippen molar-refractivity contribution in [2.75, 3.05) is 19.6 Å². The van der Waals surface area contributed by atoms with Crippen LogP contribution in [0.4, 0.5) is 0 Å². The summed E-state index contributed by atoms with van der Waals surface area (Å²) >= 11 is 0. The first kappa shape index (κ1) is 13.0. The monoisotopic (exact) mass is 212 g/mol. The number of likely N-dealkylation sites (tertiary alicyclic amines) is 1. The molecule has 1 rings (SSSR count). The van der Waals surface area contributed by atoms with Crippen LogP contribution >= 0.6 is 0 Å². The van der Waals surface area contributed by atoms with Gasteiger partial charge in [-0.15, -0.1) is 0 Å². The van der Waals surface area contributed by atoms with Gasteiger partial charge in [-0.2, -0.15) is 0 Å². The minimum absolute atomic E-state index is 0.715. The summed E-state index contributed by atoms with van der Waals surface area (Å²) < 4.78 is 0. The van der Waals surface area contributed by atoms with Gasteiger partial charge in [-0.1, -0.05) is 13.8 Å². The summed E-state index contributed by atoms with van der Waals surface area (Å²) in [5, 5.41) is 3.68. The van der Waals surface area contributed by atoms with Gasteiger partial charge in [-0.25, -0.2) is 0 Å². The Balaban J connectivity index is 2.04. The maximum Gasteiger partial charge on any atom is 0.0207 e. The molecule has 90 valence electrons. The molecule has 0 spiro atoms. The Hall–Kier alpha value is -0.0800. The van der Waals surface area contributed by atoms with Crippen LogP contribution in [0.2, 0.25) is 0 Å². The lowest BCUT2D eigenvalue weighted by Gasteiger charge is -2.20. The number of hydrogen-bond donors (Lipinski definition) is 1. The summed E-state index contributed by atoms with van der Waals surface area (Å²) in [6.45, 7) is 12.9. The molecule has 1 atom stereocenters. The van der Waals surface area contributed by atoms with E-state index in [1.807, 2.05) is 0 Å².